The lowest BCUT2D eigenvalue weighted by atomic mass is 10.0. The number of pyridine rings is 1. The molecule has 0 radical (unpaired) electrons. The molecule has 40 heavy (non-hydrogen) atoms. The van der Waals surface area contributed by atoms with Crippen LogP contribution in [0, 0.1) is 0 Å². The maximum atomic E-state index is 12.4. The van der Waals surface area contributed by atoms with Gasteiger partial charge in [0.25, 0.3) is 5.91 Å². The van der Waals surface area contributed by atoms with Crippen LogP contribution in [0.4, 0.5) is 0 Å². The first-order valence-corrected chi connectivity index (χ1v) is 13.2. The average molecular weight is 541 g/mol. The van der Waals surface area contributed by atoms with Gasteiger partial charge < -0.3 is 24.6 Å². The lowest BCUT2D eigenvalue weighted by molar-refractivity contribution is -0.136. The molecular formula is C32H32N2O6. The van der Waals surface area contributed by atoms with E-state index in [1.54, 1.807) is 24.4 Å². The first-order valence-electron chi connectivity index (χ1n) is 13.2. The fraction of sp³-hybridized carbons (Fsp3) is 0.219. The van der Waals surface area contributed by atoms with Crippen LogP contribution in [-0.2, 0) is 17.8 Å². The number of benzene rings is 3. The zero-order chi connectivity index (χ0) is 28.0. The Morgan fingerprint density at radius 1 is 0.725 bits per heavy atom. The fourth-order valence-corrected chi connectivity index (χ4v) is 3.92. The van der Waals surface area contributed by atoms with Gasteiger partial charge in [0, 0.05) is 19.2 Å². The summed E-state index contributed by atoms with van der Waals surface area (Å²) >= 11 is 0. The van der Waals surface area contributed by atoms with Gasteiger partial charge in [0.2, 0.25) is 0 Å². The largest absolute Gasteiger partial charge is 0.494 e. The van der Waals surface area contributed by atoms with Crippen molar-refractivity contribution in [2.75, 3.05) is 13.2 Å². The summed E-state index contributed by atoms with van der Waals surface area (Å²) in [5.74, 6) is 1.80. The second kappa shape index (κ2) is 14.9. The Hall–Kier alpha value is -4.85. The van der Waals surface area contributed by atoms with Crippen LogP contribution in [0.25, 0.3) is 0 Å². The van der Waals surface area contributed by atoms with Crippen LogP contribution in [0.2, 0.25) is 0 Å². The number of amides is 1. The molecule has 0 fully saturated rings. The summed E-state index contributed by atoms with van der Waals surface area (Å²) in [6.45, 7) is 1.30. The first kappa shape index (κ1) is 28.2. The van der Waals surface area contributed by atoms with Crippen molar-refractivity contribution in [3.05, 3.63) is 114 Å². The van der Waals surface area contributed by atoms with Gasteiger partial charge in [-0.15, -0.1) is 0 Å². The van der Waals surface area contributed by atoms with Crippen LogP contribution in [0.15, 0.2) is 97.2 Å². The van der Waals surface area contributed by atoms with E-state index in [4.69, 9.17) is 19.3 Å². The molecule has 4 aromatic rings. The Bertz CT molecular complexity index is 1360. The quantitative estimate of drug-likeness (QED) is 0.177. The van der Waals surface area contributed by atoms with Crippen LogP contribution in [0.1, 0.15) is 40.9 Å². The monoisotopic (exact) mass is 540 g/mol. The number of carbonyl (C=O) groups excluding carboxylic acids is 1. The average Bonchev–Trinajstić information content (AvgIpc) is 2.98. The predicted molar refractivity (Wildman–Crippen MR) is 151 cm³/mol. The number of rotatable bonds is 15. The molecule has 0 saturated carbocycles. The van der Waals surface area contributed by atoms with Crippen molar-refractivity contribution in [3.8, 4) is 23.0 Å². The highest BCUT2D eigenvalue weighted by atomic mass is 16.5. The third-order valence-electron chi connectivity index (χ3n) is 6.00. The van der Waals surface area contributed by atoms with Gasteiger partial charge in [-0.05, 0) is 91.1 Å². The van der Waals surface area contributed by atoms with Gasteiger partial charge in [-0.2, -0.15) is 0 Å². The van der Waals surface area contributed by atoms with Crippen molar-refractivity contribution < 1.29 is 28.9 Å². The summed E-state index contributed by atoms with van der Waals surface area (Å²) in [6.07, 6.45) is 3.53. The van der Waals surface area contributed by atoms with Gasteiger partial charge in [-0.3, -0.25) is 14.6 Å². The van der Waals surface area contributed by atoms with Gasteiger partial charge >= 0.3 is 5.97 Å². The molecule has 206 valence electrons. The molecule has 0 aliphatic rings. The standard InChI is InChI=1S/C32H32N2O6/c35-31(36)18-12-24-11-13-29(22-25(24)23-34-32(37)30-10-4-5-19-33-30)39-21-7-6-20-38-26-14-16-28(17-15-26)40-27-8-2-1-3-9-27/h1-5,8-11,13-17,19,22H,6-7,12,18,20-21,23H2,(H,34,37)(H,35,36). The number of para-hydroxylation sites is 1. The van der Waals surface area contributed by atoms with E-state index in [-0.39, 0.29) is 18.9 Å². The number of ether oxygens (including phenoxy) is 3. The number of carbonyl (C=O) groups is 2. The van der Waals surface area contributed by atoms with Crippen molar-refractivity contribution in [2.24, 2.45) is 0 Å². The Balaban J connectivity index is 1.21. The van der Waals surface area contributed by atoms with E-state index < -0.39 is 5.97 Å². The molecule has 3 aromatic carbocycles. The van der Waals surface area contributed by atoms with Gasteiger partial charge in [0.15, 0.2) is 0 Å². The molecule has 2 N–H and O–H groups in total. The zero-order valence-electron chi connectivity index (χ0n) is 22.1. The normalized spacial score (nSPS) is 10.5. The Morgan fingerprint density at radius 3 is 2.08 bits per heavy atom. The summed E-state index contributed by atoms with van der Waals surface area (Å²) in [5, 5.41) is 12.0. The van der Waals surface area contributed by atoms with Crippen molar-refractivity contribution in [1.29, 1.82) is 0 Å². The van der Waals surface area contributed by atoms with Crippen LogP contribution >= 0.6 is 0 Å². The fourth-order valence-electron chi connectivity index (χ4n) is 3.92. The Morgan fingerprint density at radius 2 is 1.38 bits per heavy atom. The zero-order valence-corrected chi connectivity index (χ0v) is 22.1. The molecule has 1 amide bonds. The highest BCUT2D eigenvalue weighted by Gasteiger charge is 2.11. The molecule has 4 rings (SSSR count). The summed E-state index contributed by atoms with van der Waals surface area (Å²) in [4.78, 5) is 27.6. The molecule has 0 spiro atoms. The maximum Gasteiger partial charge on any atom is 0.303 e. The topological polar surface area (TPSA) is 107 Å². The van der Waals surface area contributed by atoms with Crippen molar-refractivity contribution in [2.45, 2.75) is 32.2 Å². The molecule has 0 saturated heterocycles. The van der Waals surface area contributed by atoms with E-state index in [0.29, 0.717) is 31.1 Å². The number of aromatic nitrogens is 1. The van der Waals surface area contributed by atoms with Gasteiger partial charge in [0.1, 0.15) is 28.7 Å². The number of aliphatic carboxylic acids is 1. The van der Waals surface area contributed by atoms with Crippen LogP contribution in [0.3, 0.4) is 0 Å². The third kappa shape index (κ3) is 9.16. The van der Waals surface area contributed by atoms with Gasteiger partial charge in [0.05, 0.1) is 13.2 Å². The molecule has 0 aliphatic heterocycles. The van der Waals surface area contributed by atoms with E-state index in [1.165, 1.54) is 0 Å². The number of carboxylic acids is 1. The maximum absolute atomic E-state index is 12.4. The van der Waals surface area contributed by atoms with E-state index >= 15 is 0 Å². The predicted octanol–water partition coefficient (Wildman–Crippen LogP) is 6.06. The first-order chi connectivity index (χ1) is 19.6. The van der Waals surface area contributed by atoms with Gasteiger partial charge in [-0.25, -0.2) is 0 Å². The minimum Gasteiger partial charge on any atom is -0.494 e. The molecule has 1 aromatic heterocycles. The van der Waals surface area contributed by atoms with Crippen molar-refractivity contribution >= 4 is 11.9 Å². The second-order valence-electron chi connectivity index (χ2n) is 9.01. The van der Waals surface area contributed by atoms with Crippen LogP contribution < -0.4 is 19.5 Å². The highest BCUT2D eigenvalue weighted by molar-refractivity contribution is 5.92. The van der Waals surface area contributed by atoms with E-state index in [2.05, 4.69) is 10.3 Å². The molecule has 0 bridgehead atoms. The van der Waals surface area contributed by atoms with E-state index in [0.717, 1.165) is 41.2 Å². The Kier molecular flexibility index (Phi) is 10.5. The molecule has 0 atom stereocenters. The molecule has 1 heterocycles. The number of nitrogens with one attached hydrogen (secondary N) is 1. The number of hydrogen-bond acceptors (Lipinski definition) is 6. The lowest BCUT2D eigenvalue weighted by Gasteiger charge is -2.13. The van der Waals surface area contributed by atoms with Gasteiger partial charge in [-0.1, -0.05) is 30.3 Å². The van der Waals surface area contributed by atoms with E-state index in [1.807, 2.05) is 72.8 Å². The minimum atomic E-state index is -0.873. The minimum absolute atomic E-state index is 0.00414. The van der Waals surface area contributed by atoms with Crippen LogP contribution in [-0.4, -0.2) is 35.2 Å². The number of unbranched alkanes of at least 4 members (excludes halogenated alkanes) is 1. The lowest BCUT2D eigenvalue weighted by Crippen LogP contribution is -2.24. The van der Waals surface area contributed by atoms with Crippen molar-refractivity contribution in [1.82, 2.24) is 10.3 Å². The van der Waals surface area contributed by atoms with Crippen molar-refractivity contribution in [3.63, 3.8) is 0 Å². The summed E-state index contributed by atoms with van der Waals surface area (Å²) in [7, 11) is 0. The Labute approximate surface area is 233 Å². The SMILES string of the molecule is O=C(O)CCc1ccc(OCCCCOc2ccc(Oc3ccccc3)cc2)cc1CNC(=O)c1ccccn1. The molecular weight excluding hydrogens is 508 g/mol. The highest BCUT2D eigenvalue weighted by Crippen LogP contribution is 2.24. The number of carboxylic acid groups (broad SMARTS) is 1. The third-order valence-corrected chi connectivity index (χ3v) is 6.00. The van der Waals surface area contributed by atoms with E-state index in [9.17, 15) is 9.59 Å². The number of aryl methyl sites for hydroxylation is 1. The summed E-state index contributed by atoms with van der Waals surface area (Å²) in [5.41, 5.74) is 1.98. The summed E-state index contributed by atoms with van der Waals surface area (Å²) < 4.78 is 17.6. The molecule has 0 aliphatic carbocycles. The molecule has 8 heteroatoms. The van der Waals surface area contributed by atoms with Crippen LogP contribution in [0.5, 0.6) is 23.0 Å². The number of hydrogen-bond donors (Lipinski definition) is 2. The summed E-state index contributed by atoms with van der Waals surface area (Å²) in [6, 6.07) is 27.8. The molecule has 8 nitrogen and oxygen atoms in total. The molecule has 0 unspecified atom stereocenters. The number of nitrogens with zero attached hydrogens (tertiary/aromatic N) is 1. The second-order valence-corrected chi connectivity index (χ2v) is 9.01. The smallest absolute Gasteiger partial charge is 0.303 e.